The third-order valence-electron chi connectivity index (χ3n) is 1.42. The maximum absolute atomic E-state index is 5.62. The molecule has 0 saturated carbocycles. The summed E-state index contributed by atoms with van der Waals surface area (Å²) in [6, 6.07) is 5.52. The van der Waals surface area contributed by atoms with Gasteiger partial charge in [0.2, 0.25) is 5.88 Å². The zero-order chi connectivity index (χ0) is 8.27. The molecule has 1 heterocycles. The lowest BCUT2D eigenvalue weighted by atomic mass is 10.2. The van der Waals surface area contributed by atoms with Gasteiger partial charge in [-0.15, -0.1) is 0 Å². The first-order chi connectivity index (χ1) is 5.24. The van der Waals surface area contributed by atoms with Gasteiger partial charge in [-0.05, 0) is 13.0 Å². The van der Waals surface area contributed by atoms with E-state index in [-0.39, 0.29) is 6.04 Å². The van der Waals surface area contributed by atoms with Crippen LogP contribution in [-0.2, 0) is 0 Å². The lowest BCUT2D eigenvalue weighted by Gasteiger charge is -2.05. The number of pyridine rings is 1. The quantitative estimate of drug-likeness (QED) is 0.690. The first-order valence-electron chi connectivity index (χ1n) is 3.50. The Balaban J connectivity index is 2.91. The number of nitrogens with two attached hydrogens (primary N) is 1. The van der Waals surface area contributed by atoms with Crippen LogP contribution in [0.5, 0.6) is 5.88 Å². The molecule has 1 aromatic heterocycles. The summed E-state index contributed by atoms with van der Waals surface area (Å²) in [5.74, 6) is 0.611. The van der Waals surface area contributed by atoms with Crippen LogP contribution in [-0.4, -0.2) is 12.1 Å². The molecule has 0 aliphatic rings. The van der Waals surface area contributed by atoms with Crippen molar-refractivity contribution in [3.63, 3.8) is 0 Å². The van der Waals surface area contributed by atoms with E-state index in [9.17, 15) is 0 Å². The van der Waals surface area contributed by atoms with E-state index in [1.54, 1.807) is 13.2 Å². The van der Waals surface area contributed by atoms with E-state index >= 15 is 0 Å². The second kappa shape index (κ2) is 3.34. The highest BCUT2D eigenvalue weighted by atomic mass is 16.5. The average Bonchev–Trinajstić information content (AvgIpc) is 2.05. The van der Waals surface area contributed by atoms with E-state index < -0.39 is 0 Å². The van der Waals surface area contributed by atoms with Crippen molar-refractivity contribution in [2.75, 3.05) is 7.11 Å². The monoisotopic (exact) mass is 152 g/mol. The number of ether oxygens (including phenoxy) is 1. The van der Waals surface area contributed by atoms with Gasteiger partial charge in [-0.25, -0.2) is 4.98 Å². The van der Waals surface area contributed by atoms with Crippen molar-refractivity contribution in [2.24, 2.45) is 5.73 Å². The molecule has 0 bridgehead atoms. The van der Waals surface area contributed by atoms with Crippen molar-refractivity contribution in [2.45, 2.75) is 13.0 Å². The molecule has 0 radical (unpaired) electrons. The molecule has 0 aromatic carbocycles. The molecule has 0 aliphatic carbocycles. The first-order valence-corrected chi connectivity index (χ1v) is 3.50. The SMILES string of the molecule is COc1cccc(C(C)N)n1. The van der Waals surface area contributed by atoms with E-state index in [1.165, 1.54) is 0 Å². The Kier molecular flexibility index (Phi) is 2.44. The molecule has 0 amide bonds. The van der Waals surface area contributed by atoms with Gasteiger partial charge in [-0.2, -0.15) is 0 Å². The van der Waals surface area contributed by atoms with Crippen molar-refractivity contribution in [1.29, 1.82) is 0 Å². The standard InChI is InChI=1S/C8H12N2O/c1-6(9)7-4-3-5-8(10-7)11-2/h3-6H,9H2,1-2H3. The van der Waals surface area contributed by atoms with Gasteiger partial charge in [0.1, 0.15) is 0 Å². The topological polar surface area (TPSA) is 48.1 Å². The van der Waals surface area contributed by atoms with Gasteiger partial charge in [-0.3, -0.25) is 0 Å². The molecule has 0 aliphatic heterocycles. The van der Waals surface area contributed by atoms with Crippen LogP contribution in [0.1, 0.15) is 18.7 Å². The van der Waals surface area contributed by atoms with Gasteiger partial charge in [0.15, 0.2) is 0 Å². The second-order valence-corrected chi connectivity index (χ2v) is 2.39. The fourth-order valence-electron chi connectivity index (χ4n) is 0.798. The van der Waals surface area contributed by atoms with Crippen molar-refractivity contribution in [3.8, 4) is 5.88 Å². The third kappa shape index (κ3) is 1.91. The lowest BCUT2D eigenvalue weighted by Crippen LogP contribution is -2.07. The highest BCUT2D eigenvalue weighted by Gasteiger charge is 2.00. The molecular formula is C8H12N2O. The van der Waals surface area contributed by atoms with Crippen LogP contribution in [0.25, 0.3) is 0 Å². The summed E-state index contributed by atoms with van der Waals surface area (Å²) in [4.78, 5) is 4.14. The Morgan fingerprint density at radius 1 is 1.55 bits per heavy atom. The molecule has 2 N–H and O–H groups in total. The Hall–Kier alpha value is -1.09. The highest BCUT2D eigenvalue weighted by Crippen LogP contribution is 2.10. The van der Waals surface area contributed by atoms with Gasteiger partial charge < -0.3 is 10.5 Å². The average molecular weight is 152 g/mol. The molecule has 3 nitrogen and oxygen atoms in total. The van der Waals surface area contributed by atoms with Crippen LogP contribution in [0.4, 0.5) is 0 Å². The molecule has 0 saturated heterocycles. The normalized spacial score (nSPS) is 12.6. The van der Waals surface area contributed by atoms with Gasteiger partial charge in [0, 0.05) is 12.1 Å². The van der Waals surface area contributed by atoms with E-state index in [1.807, 2.05) is 19.1 Å². The number of hydrogen-bond donors (Lipinski definition) is 1. The molecule has 0 spiro atoms. The minimum Gasteiger partial charge on any atom is -0.481 e. The van der Waals surface area contributed by atoms with Crippen molar-refractivity contribution in [3.05, 3.63) is 23.9 Å². The summed E-state index contributed by atoms with van der Waals surface area (Å²) in [5.41, 5.74) is 6.47. The number of rotatable bonds is 2. The summed E-state index contributed by atoms with van der Waals surface area (Å²) in [6.45, 7) is 1.89. The first kappa shape index (κ1) is 8.01. The Morgan fingerprint density at radius 2 is 2.27 bits per heavy atom. The fourth-order valence-corrected chi connectivity index (χ4v) is 0.798. The smallest absolute Gasteiger partial charge is 0.213 e. The van der Waals surface area contributed by atoms with E-state index in [0.717, 1.165) is 5.69 Å². The molecule has 11 heavy (non-hydrogen) atoms. The summed E-state index contributed by atoms with van der Waals surface area (Å²) in [7, 11) is 1.59. The van der Waals surface area contributed by atoms with Crippen molar-refractivity contribution >= 4 is 0 Å². The Labute approximate surface area is 66.2 Å². The number of aromatic nitrogens is 1. The largest absolute Gasteiger partial charge is 0.481 e. The van der Waals surface area contributed by atoms with Crippen LogP contribution in [0.3, 0.4) is 0 Å². The Bertz CT molecular complexity index is 235. The van der Waals surface area contributed by atoms with Crippen molar-refractivity contribution in [1.82, 2.24) is 4.98 Å². The van der Waals surface area contributed by atoms with Gasteiger partial charge >= 0.3 is 0 Å². The highest BCUT2D eigenvalue weighted by molar-refractivity contribution is 5.17. The van der Waals surface area contributed by atoms with Crippen molar-refractivity contribution < 1.29 is 4.74 Å². The summed E-state index contributed by atoms with van der Waals surface area (Å²) in [5, 5.41) is 0. The maximum atomic E-state index is 5.62. The minimum atomic E-state index is -0.0369. The Morgan fingerprint density at radius 3 is 2.82 bits per heavy atom. The van der Waals surface area contributed by atoms with Gasteiger partial charge in [0.25, 0.3) is 0 Å². The predicted octanol–water partition coefficient (Wildman–Crippen LogP) is 1.11. The molecule has 1 aromatic rings. The molecule has 1 atom stereocenters. The summed E-state index contributed by atoms with van der Waals surface area (Å²) in [6.07, 6.45) is 0. The zero-order valence-electron chi connectivity index (χ0n) is 6.74. The zero-order valence-corrected chi connectivity index (χ0v) is 6.74. The summed E-state index contributed by atoms with van der Waals surface area (Å²) < 4.78 is 4.94. The third-order valence-corrected chi connectivity index (χ3v) is 1.42. The van der Waals surface area contributed by atoms with Crippen LogP contribution in [0, 0.1) is 0 Å². The minimum absolute atomic E-state index is 0.0369. The molecule has 1 rings (SSSR count). The van der Waals surface area contributed by atoms with E-state index in [4.69, 9.17) is 10.5 Å². The van der Waals surface area contributed by atoms with Gasteiger partial charge in [-0.1, -0.05) is 6.07 Å². The van der Waals surface area contributed by atoms with Gasteiger partial charge in [0.05, 0.1) is 12.8 Å². The summed E-state index contributed by atoms with van der Waals surface area (Å²) >= 11 is 0. The lowest BCUT2D eigenvalue weighted by molar-refractivity contribution is 0.395. The van der Waals surface area contributed by atoms with Crippen LogP contribution in [0.2, 0.25) is 0 Å². The van der Waals surface area contributed by atoms with Crippen LogP contribution < -0.4 is 10.5 Å². The molecule has 0 fully saturated rings. The number of hydrogen-bond acceptors (Lipinski definition) is 3. The molecule has 60 valence electrons. The molecule has 1 unspecified atom stereocenters. The predicted molar refractivity (Wildman–Crippen MR) is 43.4 cm³/mol. The van der Waals surface area contributed by atoms with E-state index in [0.29, 0.717) is 5.88 Å². The maximum Gasteiger partial charge on any atom is 0.213 e. The fraction of sp³-hybridized carbons (Fsp3) is 0.375. The number of methoxy groups -OCH3 is 1. The van der Waals surface area contributed by atoms with E-state index in [2.05, 4.69) is 4.98 Å². The van der Waals surface area contributed by atoms with Crippen LogP contribution >= 0.6 is 0 Å². The van der Waals surface area contributed by atoms with Crippen LogP contribution in [0.15, 0.2) is 18.2 Å². The second-order valence-electron chi connectivity index (χ2n) is 2.39. The molecule has 3 heteroatoms. The molecular weight excluding hydrogens is 140 g/mol. The number of nitrogens with zero attached hydrogens (tertiary/aromatic N) is 1.